The molecule has 1 aliphatic rings. The Bertz CT molecular complexity index is 1670. The van der Waals surface area contributed by atoms with Gasteiger partial charge in [-0.1, -0.05) is 30.3 Å². The summed E-state index contributed by atoms with van der Waals surface area (Å²) in [6, 6.07) is 25.9. The zero-order chi connectivity index (χ0) is 28.3. The lowest BCUT2D eigenvalue weighted by Crippen LogP contribution is -2.46. The third-order valence-electron chi connectivity index (χ3n) is 7.99. The van der Waals surface area contributed by atoms with Crippen LogP contribution in [0.25, 0.3) is 33.1 Å². The molecule has 0 radical (unpaired) electrons. The van der Waals surface area contributed by atoms with Gasteiger partial charge in [-0.3, -0.25) is 14.6 Å². The number of carbonyl (C=O) groups is 1. The molecule has 5 aromatic rings. The number of hydrogen-bond donors (Lipinski definition) is 2. The molecule has 6 rings (SSSR count). The number of fused-ring (bicyclic) bond motifs is 3. The molecule has 3 aromatic carbocycles. The number of methoxy groups -OCH3 is 1. The zero-order valence-corrected chi connectivity index (χ0v) is 23.5. The molecule has 2 N–H and O–H groups in total. The highest BCUT2D eigenvalue weighted by molar-refractivity contribution is 6.14. The molecule has 1 amide bonds. The van der Waals surface area contributed by atoms with Crippen molar-refractivity contribution < 1.29 is 14.6 Å². The number of carbonyl (C=O) groups excluding carboxylic acids is 1. The van der Waals surface area contributed by atoms with E-state index >= 15 is 0 Å². The largest absolute Gasteiger partial charge is 0.497 e. The third kappa shape index (κ3) is 5.54. The van der Waals surface area contributed by atoms with Crippen molar-refractivity contribution in [3.63, 3.8) is 0 Å². The van der Waals surface area contributed by atoms with Crippen molar-refractivity contribution in [2.24, 2.45) is 7.05 Å². The van der Waals surface area contributed by atoms with Gasteiger partial charge in [0.15, 0.2) is 0 Å². The average molecular weight is 550 g/mol. The molecule has 1 fully saturated rings. The lowest BCUT2D eigenvalue weighted by Gasteiger charge is -2.34. The summed E-state index contributed by atoms with van der Waals surface area (Å²) in [7, 11) is 3.70. The number of rotatable bonds is 8. The Balaban J connectivity index is 1.25. The Morgan fingerprint density at radius 1 is 0.927 bits per heavy atom. The highest BCUT2D eigenvalue weighted by atomic mass is 16.5. The van der Waals surface area contributed by atoms with Gasteiger partial charge < -0.3 is 19.7 Å². The van der Waals surface area contributed by atoms with E-state index < -0.39 is 0 Å². The van der Waals surface area contributed by atoms with E-state index in [2.05, 4.69) is 31.8 Å². The van der Waals surface area contributed by atoms with Crippen LogP contribution >= 0.6 is 0 Å². The number of piperazine rings is 1. The van der Waals surface area contributed by atoms with Crippen LogP contribution < -0.4 is 10.1 Å². The van der Waals surface area contributed by atoms with Gasteiger partial charge in [0.2, 0.25) is 0 Å². The van der Waals surface area contributed by atoms with Crippen LogP contribution in [0.15, 0.2) is 78.9 Å². The van der Waals surface area contributed by atoms with Gasteiger partial charge >= 0.3 is 0 Å². The molecule has 41 heavy (non-hydrogen) atoms. The van der Waals surface area contributed by atoms with Crippen LogP contribution in [0.2, 0.25) is 0 Å². The predicted molar refractivity (Wildman–Crippen MR) is 163 cm³/mol. The van der Waals surface area contributed by atoms with Gasteiger partial charge in [0.1, 0.15) is 11.6 Å². The van der Waals surface area contributed by atoms with E-state index in [4.69, 9.17) is 14.8 Å². The molecule has 0 aliphatic carbocycles. The summed E-state index contributed by atoms with van der Waals surface area (Å²) in [4.78, 5) is 23.0. The minimum absolute atomic E-state index is 0.193. The Morgan fingerprint density at radius 2 is 1.63 bits per heavy atom. The molecular weight excluding hydrogens is 514 g/mol. The monoisotopic (exact) mass is 549 g/mol. The van der Waals surface area contributed by atoms with Crippen LogP contribution in [-0.4, -0.2) is 76.8 Å². The van der Waals surface area contributed by atoms with Crippen molar-refractivity contribution in [1.82, 2.24) is 19.4 Å². The molecule has 3 heterocycles. The van der Waals surface area contributed by atoms with Crippen LogP contribution in [0.1, 0.15) is 15.9 Å². The highest BCUT2D eigenvalue weighted by Gasteiger charge is 2.19. The van der Waals surface area contributed by atoms with E-state index in [0.29, 0.717) is 11.4 Å². The molecule has 1 aliphatic heterocycles. The summed E-state index contributed by atoms with van der Waals surface area (Å²) < 4.78 is 7.52. The Labute approximate surface area is 239 Å². The number of hydrogen-bond acceptors (Lipinski definition) is 6. The SMILES string of the molecule is COc1ccc(-c2nc(NC(=O)c3ccc(CN4CCN(CCO)CC4)cc3)cc3c4ccccc4n(C)c23)cc1. The minimum atomic E-state index is -0.193. The summed E-state index contributed by atoms with van der Waals surface area (Å²) in [5.41, 5.74) is 5.62. The number of aliphatic hydroxyl groups is 1. The molecular formula is C33H35N5O3. The van der Waals surface area contributed by atoms with Crippen molar-refractivity contribution in [1.29, 1.82) is 0 Å². The maximum Gasteiger partial charge on any atom is 0.256 e. The number of anilines is 1. The van der Waals surface area contributed by atoms with Gasteiger partial charge in [-0.05, 0) is 54.1 Å². The number of ether oxygens (including phenoxy) is 1. The molecule has 0 atom stereocenters. The second-order valence-corrected chi connectivity index (χ2v) is 10.5. The number of benzene rings is 3. The fourth-order valence-electron chi connectivity index (χ4n) is 5.73. The lowest BCUT2D eigenvalue weighted by molar-refractivity contribution is 0.102. The molecule has 0 bridgehead atoms. The Hall–Kier alpha value is -4.24. The number of para-hydroxylation sites is 1. The number of aliphatic hydroxyl groups excluding tert-OH is 1. The lowest BCUT2D eigenvalue weighted by atomic mass is 10.1. The van der Waals surface area contributed by atoms with Crippen LogP contribution in [0.5, 0.6) is 5.75 Å². The molecule has 1 saturated heterocycles. The fourth-order valence-corrected chi connectivity index (χ4v) is 5.73. The van der Waals surface area contributed by atoms with Gasteiger partial charge in [0.05, 0.1) is 24.9 Å². The topological polar surface area (TPSA) is 82.9 Å². The number of nitrogens with one attached hydrogen (secondary N) is 1. The van der Waals surface area contributed by atoms with Crippen LogP contribution in [0.4, 0.5) is 5.82 Å². The first-order chi connectivity index (χ1) is 20.0. The van der Waals surface area contributed by atoms with Crippen LogP contribution in [0, 0.1) is 0 Å². The summed E-state index contributed by atoms with van der Waals surface area (Å²) >= 11 is 0. The van der Waals surface area contributed by atoms with Gasteiger partial charge in [-0.2, -0.15) is 0 Å². The van der Waals surface area contributed by atoms with E-state index in [1.807, 2.05) is 73.8 Å². The highest BCUT2D eigenvalue weighted by Crippen LogP contribution is 2.36. The average Bonchev–Trinajstić information content (AvgIpc) is 3.30. The summed E-state index contributed by atoms with van der Waals surface area (Å²) in [6.07, 6.45) is 0. The minimum Gasteiger partial charge on any atom is -0.497 e. The van der Waals surface area contributed by atoms with E-state index in [1.54, 1.807) is 7.11 Å². The Morgan fingerprint density at radius 3 is 2.34 bits per heavy atom. The van der Waals surface area contributed by atoms with Crippen LogP contribution in [-0.2, 0) is 13.6 Å². The van der Waals surface area contributed by atoms with Gasteiger partial charge in [-0.15, -0.1) is 0 Å². The van der Waals surface area contributed by atoms with Crippen molar-refractivity contribution in [3.05, 3.63) is 90.0 Å². The van der Waals surface area contributed by atoms with E-state index in [-0.39, 0.29) is 12.5 Å². The predicted octanol–water partition coefficient (Wildman–Crippen LogP) is 4.76. The van der Waals surface area contributed by atoms with Gasteiger partial charge in [-0.25, -0.2) is 4.98 Å². The first-order valence-electron chi connectivity index (χ1n) is 14.0. The number of nitrogens with zero attached hydrogens (tertiary/aromatic N) is 4. The van der Waals surface area contributed by atoms with Crippen molar-refractivity contribution >= 4 is 33.5 Å². The van der Waals surface area contributed by atoms with Gasteiger partial charge in [0, 0.05) is 73.7 Å². The fraction of sp³-hybridized carbons (Fsp3) is 0.273. The first kappa shape index (κ1) is 27.0. The summed E-state index contributed by atoms with van der Waals surface area (Å²) in [5.74, 6) is 1.09. The molecule has 0 unspecified atom stereocenters. The second-order valence-electron chi connectivity index (χ2n) is 10.5. The molecule has 2 aromatic heterocycles. The first-order valence-corrected chi connectivity index (χ1v) is 14.0. The number of amides is 1. The maximum atomic E-state index is 13.3. The molecule has 8 heteroatoms. The van der Waals surface area contributed by atoms with Gasteiger partial charge in [0.25, 0.3) is 5.91 Å². The molecule has 8 nitrogen and oxygen atoms in total. The van der Waals surface area contributed by atoms with E-state index in [1.165, 1.54) is 5.56 Å². The van der Waals surface area contributed by atoms with Crippen LogP contribution in [0.3, 0.4) is 0 Å². The van der Waals surface area contributed by atoms with Crippen molar-refractivity contribution in [3.8, 4) is 17.0 Å². The number of β-amino-alcohol motifs (C(OH)–C–C–N with tert-alkyl or cyclic N) is 1. The number of aryl methyl sites for hydroxylation is 1. The van der Waals surface area contributed by atoms with E-state index in [0.717, 1.165) is 78.1 Å². The molecule has 0 saturated carbocycles. The summed E-state index contributed by atoms with van der Waals surface area (Å²) in [5, 5.41) is 14.4. The molecule has 0 spiro atoms. The zero-order valence-electron chi connectivity index (χ0n) is 23.5. The smallest absolute Gasteiger partial charge is 0.256 e. The van der Waals surface area contributed by atoms with E-state index in [9.17, 15) is 4.79 Å². The normalized spacial score (nSPS) is 14.5. The standard InChI is InChI=1S/C33H35N5O3/c1-36-29-6-4-3-5-27(29)28-21-30(34-31(32(28)36)24-11-13-26(41-2)14-12-24)35-33(40)25-9-7-23(8-10-25)22-38-17-15-37(16-18-38)19-20-39/h3-14,21,39H,15-20,22H2,1-2H3,(H,34,35,40). The Kier molecular flexibility index (Phi) is 7.69. The second kappa shape index (κ2) is 11.7. The third-order valence-corrected chi connectivity index (χ3v) is 7.99. The maximum absolute atomic E-state index is 13.3. The quantitative estimate of drug-likeness (QED) is 0.290. The number of pyridine rings is 1. The van der Waals surface area contributed by atoms with Crippen molar-refractivity contribution in [2.45, 2.75) is 6.54 Å². The molecule has 210 valence electrons. The number of aromatic nitrogens is 2. The summed E-state index contributed by atoms with van der Waals surface area (Å²) in [6.45, 7) is 5.67. The van der Waals surface area contributed by atoms with Crippen molar-refractivity contribution in [2.75, 3.05) is 51.8 Å².